The van der Waals surface area contributed by atoms with Crippen molar-refractivity contribution in [3.05, 3.63) is 95.4 Å². The molecule has 25 heavy (non-hydrogen) atoms. The molecule has 0 atom stereocenters. The molecular formula is C21H18ClN3. The molecule has 1 N–H and O–H groups in total. The third-order valence-electron chi connectivity index (χ3n) is 4.31. The van der Waals surface area contributed by atoms with Gasteiger partial charge < -0.3 is 9.88 Å². The number of para-hydroxylation sites is 1. The smallest absolute Gasteiger partial charge is 0.0529 e. The molecule has 0 aliphatic heterocycles. The minimum Gasteiger partial charge on any atom is -0.380 e. The van der Waals surface area contributed by atoms with Crippen molar-refractivity contribution in [2.24, 2.45) is 0 Å². The number of fused-ring (bicyclic) bond motifs is 1. The van der Waals surface area contributed by atoms with E-state index < -0.39 is 0 Å². The van der Waals surface area contributed by atoms with Crippen LogP contribution in [0.4, 0.5) is 5.69 Å². The summed E-state index contributed by atoms with van der Waals surface area (Å²) in [7, 11) is 0. The molecule has 0 aliphatic rings. The molecule has 0 spiro atoms. The average molecular weight is 348 g/mol. The van der Waals surface area contributed by atoms with Gasteiger partial charge in [0.15, 0.2) is 0 Å². The van der Waals surface area contributed by atoms with Crippen molar-refractivity contribution < 1.29 is 0 Å². The predicted octanol–water partition coefficient (Wildman–Crippen LogP) is 5.35. The first-order chi connectivity index (χ1) is 12.3. The second-order valence-electron chi connectivity index (χ2n) is 5.99. The van der Waals surface area contributed by atoms with Gasteiger partial charge in [-0.25, -0.2) is 0 Å². The average Bonchev–Trinajstić information content (AvgIpc) is 3.01. The van der Waals surface area contributed by atoms with Crippen LogP contribution in [0.15, 0.2) is 79.3 Å². The highest BCUT2D eigenvalue weighted by molar-refractivity contribution is 6.31. The number of hydrogen-bond acceptors (Lipinski definition) is 2. The highest BCUT2D eigenvalue weighted by Gasteiger charge is 2.09. The van der Waals surface area contributed by atoms with Gasteiger partial charge in [0.25, 0.3) is 0 Å². The molecule has 0 saturated heterocycles. The first-order valence-corrected chi connectivity index (χ1v) is 8.63. The Bertz CT molecular complexity index is 992. The summed E-state index contributed by atoms with van der Waals surface area (Å²) in [4.78, 5) is 4.15. The molecule has 0 saturated carbocycles. The van der Waals surface area contributed by atoms with Crippen LogP contribution in [0.25, 0.3) is 10.9 Å². The van der Waals surface area contributed by atoms with Gasteiger partial charge in [0.05, 0.1) is 5.69 Å². The summed E-state index contributed by atoms with van der Waals surface area (Å²) < 4.78 is 2.26. The fourth-order valence-electron chi connectivity index (χ4n) is 3.07. The largest absolute Gasteiger partial charge is 0.380 e. The molecular weight excluding hydrogens is 330 g/mol. The molecule has 0 fully saturated rings. The Kier molecular flexibility index (Phi) is 4.40. The maximum atomic E-state index is 6.34. The highest BCUT2D eigenvalue weighted by Crippen LogP contribution is 2.25. The molecule has 2 heterocycles. The van der Waals surface area contributed by atoms with Gasteiger partial charge in [-0.15, -0.1) is 0 Å². The molecule has 2 aromatic heterocycles. The minimum atomic E-state index is 0.752. The van der Waals surface area contributed by atoms with E-state index in [1.807, 2.05) is 36.5 Å². The van der Waals surface area contributed by atoms with E-state index in [1.165, 1.54) is 16.5 Å². The Morgan fingerprint density at radius 2 is 1.76 bits per heavy atom. The van der Waals surface area contributed by atoms with Crippen LogP contribution in [0.1, 0.15) is 11.1 Å². The SMILES string of the molecule is Clc1ccccc1Cn1cc(CNc2cccnc2)c2ccccc21. The normalized spacial score (nSPS) is 10.9. The maximum absolute atomic E-state index is 6.34. The summed E-state index contributed by atoms with van der Waals surface area (Å²) in [6.45, 7) is 1.51. The lowest BCUT2D eigenvalue weighted by Gasteiger charge is -2.07. The number of nitrogens with zero attached hydrogens (tertiary/aromatic N) is 2. The molecule has 0 radical (unpaired) electrons. The number of aromatic nitrogens is 2. The fraction of sp³-hybridized carbons (Fsp3) is 0.0952. The van der Waals surface area contributed by atoms with Crippen molar-refractivity contribution in [1.29, 1.82) is 0 Å². The summed E-state index contributed by atoms with van der Waals surface area (Å²) >= 11 is 6.34. The van der Waals surface area contributed by atoms with Crippen molar-refractivity contribution in [2.45, 2.75) is 13.1 Å². The van der Waals surface area contributed by atoms with Crippen LogP contribution >= 0.6 is 11.6 Å². The zero-order valence-corrected chi connectivity index (χ0v) is 14.4. The first kappa shape index (κ1) is 15.7. The molecule has 0 aliphatic carbocycles. The molecule has 0 unspecified atom stereocenters. The zero-order valence-electron chi connectivity index (χ0n) is 13.7. The fourth-order valence-corrected chi connectivity index (χ4v) is 3.26. The van der Waals surface area contributed by atoms with E-state index in [0.717, 1.165) is 29.4 Å². The van der Waals surface area contributed by atoms with Gasteiger partial charge in [-0.05, 0) is 35.4 Å². The van der Waals surface area contributed by atoms with E-state index in [4.69, 9.17) is 11.6 Å². The Labute approximate surface area is 151 Å². The Morgan fingerprint density at radius 3 is 2.60 bits per heavy atom. The minimum absolute atomic E-state index is 0.752. The van der Waals surface area contributed by atoms with Crippen LogP contribution < -0.4 is 5.32 Å². The summed E-state index contributed by atoms with van der Waals surface area (Å²) in [6, 6.07) is 20.4. The highest BCUT2D eigenvalue weighted by atomic mass is 35.5. The van der Waals surface area contributed by atoms with E-state index in [9.17, 15) is 0 Å². The number of rotatable bonds is 5. The first-order valence-electron chi connectivity index (χ1n) is 8.25. The zero-order chi connectivity index (χ0) is 17.1. The quantitative estimate of drug-likeness (QED) is 0.527. The van der Waals surface area contributed by atoms with Gasteiger partial charge in [-0.1, -0.05) is 48.0 Å². The summed E-state index contributed by atoms with van der Waals surface area (Å²) in [6.07, 6.45) is 5.82. The van der Waals surface area contributed by atoms with Gasteiger partial charge in [0, 0.05) is 47.6 Å². The molecule has 0 amide bonds. The summed E-state index contributed by atoms with van der Waals surface area (Å²) in [5.74, 6) is 0. The van der Waals surface area contributed by atoms with Crippen LogP contribution in [-0.2, 0) is 13.1 Å². The van der Waals surface area contributed by atoms with Gasteiger partial charge in [-0.3, -0.25) is 4.98 Å². The van der Waals surface area contributed by atoms with Crippen molar-refractivity contribution >= 4 is 28.2 Å². The Balaban J connectivity index is 1.65. The number of anilines is 1. The second kappa shape index (κ2) is 6.99. The van der Waals surface area contributed by atoms with Crippen molar-refractivity contribution in [3.8, 4) is 0 Å². The Morgan fingerprint density at radius 1 is 0.920 bits per heavy atom. The topological polar surface area (TPSA) is 29.9 Å². The van der Waals surface area contributed by atoms with Gasteiger partial charge in [0.2, 0.25) is 0 Å². The van der Waals surface area contributed by atoms with Gasteiger partial charge in [0.1, 0.15) is 0 Å². The monoisotopic (exact) mass is 347 g/mol. The number of nitrogens with one attached hydrogen (secondary N) is 1. The van der Waals surface area contributed by atoms with Crippen molar-refractivity contribution in [3.63, 3.8) is 0 Å². The van der Waals surface area contributed by atoms with Crippen LogP contribution in [0, 0.1) is 0 Å². The van der Waals surface area contributed by atoms with E-state index in [-0.39, 0.29) is 0 Å². The van der Waals surface area contributed by atoms with Crippen LogP contribution in [-0.4, -0.2) is 9.55 Å². The van der Waals surface area contributed by atoms with Crippen LogP contribution in [0.2, 0.25) is 5.02 Å². The number of halogens is 1. The molecule has 4 heteroatoms. The molecule has 4 rings (SSSR count). The predicted molar refractivity (Wildman–Crippen MR) is 104 cm³/mol. The molecule has 4 aromatic rings. The lowest BCUT2D eigenvalue weighted by molar-refractivity contribution is 0.831. The molecule has 0 bridgehead atoms. The van der Waals surface area contributed by atoms with Gasteiger partial charge >= 0.3 is 0 Å². The third-order valence-corrected chi connectivity index (χ3v) is 4.68. The standard InChI is InChI=1S/C21H18ClN3/c22-20-9-3-1-6-16(20)14-25-15-17(19-8-2-4-10-21(19)25)12-24-18-7-5-11-23-13-18/h1-11,13,15,24H,12,14H2. The van der Waals surface area contributed by atoms with E-state index in [2.05, 4.69) is 51.4 Å². The maximum Gasteiger partial charge on any atom is 0.0529 e. The lowest BCUT2D eigenvalue weighted by atomic mass is 10.2. The van der Waals surface area contributed by atoms with Gasteiger partial charge in [-0.2, -0.15) is 0 Å². The molecule has 124 valence electrons. The Hall–Kier alpha value is -2.78. The molecule has 2 aromatic carbocycles. The number of pyridine rings is 1. The number of hydrogen-bond donors (Lipinski definition) is 1. The van der Waals surface area contributed by atoms with Crippen molar-refractivity contribution in [2.75, 3.05) is 5.32 Å². The third kappa shape index (κ3) is 3.37. The van der Waals surface area contributed by atoms with E-state index in [0.29, 0.717) is 0 Å². The van der Waals surface area contributed by atoms with E-state index in [1.54, 1.807) is 6.20 Å². The second-order valence-corrected chi connectivity index (χ2v) is 6.39. The van der Waals surface area contributed by atoms with Crippen molar-refractivity contribution in [1.82, 2.24) is 9.55 Å². The number of benzene rings is 2. The van der Waals surface area contributed by atoms with E-state index >= 15 is 0 Å². The van der Waals surface area contributed by atoms with Crippen LogP contribution in [0.3, 0.4) is 0 Å². The lowest BCUT2D eigenvalue weighted by Crippen LogP contribution is -2.00. The molecule has 3 nitrogen and oxygen atoms in total. The summed E-state index contributed by atoms with van der Waals surface area (Å²) in [5, 5.41) is 5.50. The summed E-state index contributed by atoms with van der Waals surface area (Å²) in [5.41, 5.74) is 4.61. The van der Waals surface area contributed by atoms with Crippen LogP contribution in [0.5, 0.6) is 0 Å².